The molecule has 0 radical (unpaired) electrons. The Bertz CT molecular complexity index is 411. The zero-order valence-corrected chi connectivity index (χ0v) is 13.2. The summed E-state index contributed by atoms with van der Waals surface area (Å²) in [4.78, 5) is 2.50. The van der Waals surface area contributed by atoms with E-state index in [0.717, 1.165) is 52.0 Å². The average Bonchev–Trinajstić information content (AvgIpc) is 2.92. The van der Waals surface area contributed by atoms with Gasteiger partial charge in [0.2, 0.25) is 0 Å². The zero-order valence-electron chi connectivity index (χ0n) is 13.2. The van der Waals surface area contributed by atoms with Crippen LogP contribution in [0.4, 0.5) is 5.69 Å². The first kappa shape index (κ1) is 16.3. The van der Waals surface area contributed by atoms with Gasteiger partial charge in [-0.2, -0.15) is 0 Å². The van der Waals surface area contributed by atoms with E-state index in [0.29, 0.717) is 6.04 Å². The number of ether oxygens (including phenoxy) is 1. The molecule has 4 heteroatoms. The van der Waals surface area contributed by atoms with E-state index < -0.39 is 0 Å². The summed E-state index contributed by atoms with van der Waals surface area (Å²) in [6.07, 6.45) is 4.50. The second-order valence-electron chi connectivity index (χ2n) is 5.76. The van der Waals surface area contributed by atoms with E-state index in [1.807, 2.05) is 0 Å². The maximum Gasteiger partial charge on any atom is 0.0615 e. The lowest BCUT2D eigenvalue weighted by Gasteiger charge is -2.21. The molecule has 0 amide bonds. The first-order valence-corrected chi connectivity index (χ1v) is 8.10. The van der Waals surface area contributed by atoms with E-state index in [1.165, 1.54) is 17.7 Å². The van der Waals surface area contributed by atoms with Crippen molar-refractivity contribution < 1.29 is 4.74 Å². The van der Waals surface area contributed by atoms with Crippen LogP contribution in [0.25, 0.3) is 0 Å². The fourth-order valence-electron chi connectivity index (χ4n) is 3.02. The second-order valence-corrected chi connectivity index (χ2v) is 5.76. The van der Waals surface area contributed by atoms with Crippen LogP contribution in [0.1, 0.15) is 24.8 Å². The summed E-state index contributed by atoms with van der Waals surface area (Å²) < 4.78 is 5.26. The summed E-state index contributed by atoms with van der Waals surface area (Å²) in [6, 6.07) is 9.19. The Hall–Kier alpha value is -1.10. The maximum atomic E-state index is 5.58. The van der Waals surface area contributed by atoms with Crippen molar-refractivity contribution in [2.24, 2.45) is 5.73 Å². The Morgan fingerprint density at radius 2 is 2.19 bits per heavy atom. The van der Waals surface area contributed by atoms with E-state index in [1.54, 1.807) is 7.11 Å². The molecule has 1 aromatic carbocycles. The molecule has 4 nitrogen and oxygen atoms in total. The Labute approximate surface area is 128 Å². The van der Waals surface area contributed by atoms with Crippen molar-refractivity contribution in [1.29, 1.82) is 0 Å². The molecule has 118 valence electrons. The molecule has 1 unspecified atom stereocenters. The van der Waals surface area contributed by atoms with Crippen LogP contribution in [0.2, 0.25) is 0 Å². The Kier molecular flexibility index (Phi) is 7.00. The number of hydrogen-bond donors (Lipinski definition) is 2. The van der Waals surface area contributed by atoms with Crippen LogP contribution in [0.5, 0.6) is 0 Å². The summed E-state index contributed by atoms with van der Waals surface area (Å²) in [6.45, 7) is 4.85. The molecular formula is C17H29N3O. The predicted octanol–water partition coefficient (Wildman–Crippen LogP) is 1.78. The number of nitrogens with one attached hydrogen (secondary N) is 1. The Morgan fingerprint density at radius 3 is 3.00 bits per heavy atom. The van der Waals surface area contributed by atoms with Gasteiger partial charge in [-0.05, 0) is 50.4 Å². The molecule has 1 aliphatic rings. The number of para-hydroxylation sites is 1. The van der Waals surface area contributed by atoms with Crippen molar-refractivity contribution in [3.63, 3.8) is 0 Å². The SMILES string of the molecule is COCC(CCCN)NCCCN1CCc2ccccc21. The molecule has 1 atom stereocenters. The monoisotopic (exact) mass is 291 g/mol. The van der Waals surface area contributed by atoms with Crippen molar-refractivity contribution in [1.82, 2.24) is 5.32 Å². The Balaban J connectivity index is 1.67. The molecule has 21 heavy (non-hydrogen) atoms. The molecule has 0 spiro atoms. The van der Waals surface area contributed by atoms with Crippen molar-refractivity contribution in [2.75, 3.05) is 44.8 Å². The van der Waals surface area contributed by atoms with Crippen molar-refractivity contribution >= 4 is 5.69 Å². The molecule has 0 bridgehead atoms. The highest BCUT2D eigenvalue weighted by Gasteiger charge is 2.17. The van der Waals surface area contributed by atoms with E-state index in [-0.39, 0.29) is 0 Å². The van der Waals surface area contributed by atoms with Crippen molar-refractivity contribution in [3.05, 3.63) is 29.8 Å². The highest BCUT2D eigenvalue weighted by molar-refractivity contribution is 5.57. The van der Waals surface area contributed by atoms with Crippen LogP contribution in [0.3, 0.4) is 0 Å². The van der Waals surface area contributed by atoms with E-state index >= 15 is 0 Å². The van der Waals surface area contributed by atoms with Gasteiger partial charge in [0.25, 0.3) is 0 Å². The highest BCUT2D eigenvalue weighted by atomic mass is 16.5. The van der Waals surface area contributed by atoms with E-state index in [4.69, 9.17) is 10.5 Å². The summed E-state index contributed by atoms with van der Waals surface area (Å²) >= 11 is 0. The second kappa shape index (κ2) is 9.03. The van der Waals surface area contributed by atoms with Crippen molar-refractivity contribution in [3.8, 4) is 0 Å². The van der Waals surface area contributed by atoms with Gasteiger partial charge >= 0.3 is 0 Å². The first-order valence-electron chi connectivity index (χ1n) is 8.10. The zero-order chi connectivity index (χ0) is 14.9. The maximum absolute atomic E-state index is 5.58. The largest absolute Gasteiger partial charge is 0.383 e. The first-order chi connectivity index (χ1) is 10.3. The van der Waals surface area contributed by atoms with Crippen LogP contribution < -0.4 is 16.0 Å². The minimum atomic E-state index is 0.435. The molecule has 0 aromatic heterocycles. The third kappa shape index (κ3) is 4.99. The van der Waals surface area contributed by atoms with Crippen LogP contribution in [-0.2, 0) is 11.2 Å². The molecule has 0 saturated carbocycles. The molecule has 2 rings (SSSR count). The van der Waals surface area contributed by atoms with Crippen molar-refractivity contribution in [2.45, 2.75) is 31.7 Å². The van der Waals surface area contributed by atoms with Gasteiger partial charge in [-0.3, -0.25) is 0 Å². The van der Waals surface area contributed by atoms with Crippen LogP contribution >= 0.6 is 0 Å². The summed E-state index contributed by atoms with van der Waals surface area (Å²) in [5.41, 5.74) is 8.50. The molecule has 1 aliphatic heterocycles. The number of methoxy groups -OCH3 is 1. The number of nitrogens with two attached hydrogens (primary N) is 1. The van der Waals surface area contributed by atoms with Crippen LogP contribution in [0, 0.1) is 0 Å². The average molecular weight is 291 g/mol. The number of fused-ring (bicyclic) bond motifs is 1. The number of benzene rings is 1. The molecular weight excluding hydrogens is 262 g/mol. The van der Waals surface area contributed by atoms with Gasteiger partial charge in [-0.15, -0.1) is 0 Å². The predicted molar refractivity (Wildman–Crippen MR) is 88.9 cm³/mol. The van der Waals surface area contributed by atoms with Gasteiger partial charge < -0.3 is 20.7 Å². The number of nitrogens with zero attached hydrogens (tertiary/aromatic N) is 1. The summed E-state index contributed by atoms with van der Waals surface area (Å²) in [5, 5.41) is 3.60. The number of hydrogen-bond acceptors (Lipinski definition) is 4. The lowest BCUT2D eigenvalue weighted by molar-refractivity contribution is 0.161. The standard InChI is InChI=1S/C17H29N3O/c1-21-14-16(7-4-10-18)19-11-5-12-20-13-9-15-6-2-3-8-17(15)20/h2-3,6,8,16,19H,4-5,7,9-14,18H2,1H3. The number of rotatable bonds is 10. The fourth-order valence-corrected chi connectivity index (χ4v) is 3.02. The lowest BCUT2D eigenvalue weighted by atomic mass is 10.1. The van der Waals surface area contributed by atoms with Gasteiger partial charge in [-0.1, -0.05) is 18.2 Å². The summed E-state index contributed by atoms with van der Waals surface area (Å²) in [5.74, 6) is 0. The van der Waals surface area contributed by atoms with Gasteiger partial charge in [0, 0.05) is 31.9 Å². The third-order valence-corrected chi connectivity index (χ3v) is 4.15. The highest BCUT2D eigenvalue weighted by Crippen LogP contribution is 2.27. The van der Waals surface area contributed by atoms with Crippen LogP contribution in [0.15, 0.2) is 24.3 Å². The quantitative estimate of drug-likeness (QED) is 0.645. The smallest absolute Gasteiger partial charge is 0.0615 e. The Morgan fingerprint density at radius 1 is 1.33 bits per heavy atom. The van der Waals surface area contributed by atoms with Gasteiger partial charge in [-0.25, -0.2) is 0 Å². The minimum Gasteiger partial charge on any atom is -0.383 e. The molecule has 3 N–H and O–H groups in total. The molecule has 1 heterocycles. The van der Waals surface area contributed by atoms with Gasteiger partial charge in [0.05, 0.1) is 6.61 Å². The van der Waals surface area contributed by atoms with Gasteiger partial charge in [0.1, 0.15) is 0 Å². The normalized spacial score (nSPS) is 15.2. The summed E-state index contributed by atoms with van der Waals surface area (Å²) in [7, 11) is 1.76. The number of anilines is 1. The van der Waals surface area contributed by atoms with Gasteiger partial charge in [0.15, 0.2) is 0 Å². The van der Waals surface area contributed by atoms with E-state index in [9.17, 15) is 0 Å². The van der Waals surface area contributed by atoms with E-state index in [2.05, 4.69) is 34.5 Å². The topological polar surface area (TPSA) is 50.5 Å². The molecule has 0 fully saturated rings. The third-order valence-electron chi connectivity index (χ3n) is 4.15. The van der Waals surface area contributed by atoms with Crippen LogP contribution in [-0.4, -0.2) is 45.9 Å². The molecule has 0 aliphatic carbocycles. The fraction of sp³-hybridized carbons (Fsp3) is 0.647. The molecule has 0 saturated heterocycles. The molecule has 1 aromatic rings. The lowest BCUT2D eigenvalue weighted by Crippen LogP contribution is -2.36. The minimum absolute atomic E-state index is 0.435.